The summed E-state index contributed by atoms with van der Waals surface area (Å²) in [6, 6.07) is 7.42. The lowest BCUT2D eigenvalue weighted by Gasteiger charge is -2.19. The number of nitrogens with zero attached hydrogens (tertiary/aromatic N) is 2. The van der Waals surface area contributed by atoms with Gasteiger partial charge in [0.05, 0.1) is 18.6 Å². The van der Waals surface area contributed by atoms with E-state index in [9.17, 15) is 4.79 Å². The van der Waals surface area contributed by atoms with Crippen LogP contribution < -0.4 is 4.74 Å². The van der Waals surface area contributed by atoms with Gasteiger partial charge in [0.15, 0.2) is 6.61 Å². The summed E-state index contributed by atoms with van der Waals surface area (Å²) < 4.78 is 15.7. The molecule has 0 spiro atoms. The third-order valence-electron chi connectivity index (χ3n) is 4.09. The molecule has 1 fully saturated rings. The molecule has 3 rings (SSSR count). The number of hydrogen-bond acceptors (Lipinski definition) is 6. The number of carbonyl (C=O) groups is 1. The van der Waals surface area contributed by atoms with Crippen LogP contribution in [0.2, 0.25) is 0 Å². The molecule has 0 N–H and O–H groups in total. The summed E-state index contributed by atoms with van der Waals surface area (Å²) in [5.41, 5.74) is 0.739. The second-order valence-electron chi connectivity index (χ2n) is 5.65. The van der Waals surface area contributed by atoms with Gasteiger partial charge in [-0.05, 0) is 25.0 Å². The Morgan fingerprint density at radius 3 is 2.83 bits per heavy atom. The minimum absolute atomic E-state index is 0.0114. The van der Waals surface area contributed by atoms with Crippen molar-refractivity contribution >= 4 is 5.97 Å². The molecule has 0 aliphatic heterocycles. The van der Waals surface area contributed by atoms with Gasteiger partial charge in [0.25, 0.3) is 5.89 Å². The quantitative estimate of drug-likeness (QED) is 0.787. The SMILES string of the molecule is COc1ccccc1-c1noc(COC(=O)C2CCCCC2)n1. The van der Waals surface area contributed by atoms with Crippen LogP contribution in [-0.2, 0) is 16.1 Å². The molecular weight excluding hydrogens is 296 g/mol. The van der Waals surface area contributed by atoms with Crippen LogP contribution in [0.5, 0.6) is 5.75 Å². The first-order valence-electron chi connectivity index (χ1n) is 7.90. The normalized spacial score (nSPS) is 15.3. The second-order valence-corrected chi connectivity index (χ2v) is 5.65. The monoisotopic (exact) mass is 316 g/mol. The van der Waals surface area contributed by atoms with E-state index in [0.29, 0.717) is 11.6 Å². The number of rotatable bonds is 5. The highest BCUT2D eigenvalue weighted by Gasteiger charge is 2.23. The number of aromatic nitrogens is 2. The topological polar surface area (TPSA) is 74.5 Å². The minimum atomic E-state index is -0.165. The number of para-hydroxylation sites is 1. The maximum absolute atomic E-state index is 12.0. The third kappa shape index (κ3) is 3.70. The van der Waals surface area contributed by atoms with Gasteiger partial charge in [-0.15, -0.1) is 0 Å². The van der Waals surface area contributed by atoms with E-state index in [4.69, 9.17) is 14.0 Å². The van der Waals surface area contributed by atoms with Crippen molar-refractivity contribution in [1.29, 1.82) is 0 Å². The molecule has 0 amide bonds. The molecule has 1 aromatic heterocycles. The maximum atomic E-state index is 12.0. The number of carbonyl (C=O) groups excluding carboxylic acids is 1. The predicted molar refractivity (Wildman–Crippen MR) is 82.7 cm³/mol. The van der Waals surface area contributed by atoms with Gasteiger partial charge in [-0.25, -0.2) is 0 Å². The van der Waals surface area contributed by atoms with Gasteiger partial charge in [-0.1, -0.05) is 36.6 Å². The van der Waals surface area contributed by atoms with E-state index in [2.05, 4.69) is 10.1 Å². The van der Waals surface area contributed by atoms with E-state index in [1.807, 2.05) is 24.3 Å². The molecule has 2 aromatic rings. The van der Waals surface area contributed by atoms with E-state index in [0.717, 1.165) is 31.2 Å². The Balaban J connectivity index is 1.62. The Morgan fingerprint density at radius 2 is 2.04 bits per heavy atom. The Bertz CT molecular complexity index is 662. The van der Waals surface area contributed by atoms with E-state index in [1.54, 1.807) is 7.11 Å². The number of ether oxygens (including phenoxy) is 2. The summed E-state index contributed by atoms with van der Waals surface area (Å²) in [5.74, 6) is 1.22. The smallest absolute Gasteiger partial charge is 0.309 e. The van der Waals surface area contributed by atoms with Crippen molar-refractivity contribution in [3.63, 3.8) is 0 Å². The Labute approximate surface area is 134 Å². The molecule has 6 nitrogen and oxygen atoms in total. The second kappa shape index (κ2) is 7.26. The van der Waals surface area contributed by atoms with Crippen LogP contribution in [0.3, 0.4) is 0 Å². The highest BCUT2D eigenvalue weighted by molar-refractivity contribution is 5.72. The lowest BCUT2D eigenvalue weighted by Crippen LogP contribution is -2.20. The number of benzene rings is 1. The van der Waals surface area contributed by atoms with Crippen LogP contribution in [0.25, 0.3) is 11.4 Å². The molecule has 23 heavy (non-hydrogen) atoms. The molecule has 1 aliphatic carbocycles. The summed E-state index contributed by atoms with van der Waals surface area (Å²) in [6.45, 7) is 0.0114. The fourth-order valence-electron chi connectivity index (χ4n) is 2.84. The minimum Gasteiger partial charge on any atom is -0.496 e. The molecular formula is C17H20N2O4. The summed E-state index contributed by atoms with van der Waals surface area (Å²) in [5, 5.41) is 3.93. The van der Waals surface area contributed by atoms with E-state index in [1.165, 1.54) is 6.42 Å². The molecule has 1 heterocycles. The summed E-state index contributed by atoms with van der Waals surface area (Å²) in [7, 11) is 1.59. The van der Waals surface area contributed by atoms with Crippen molar-refractivity contribution in [1.82, 2.24) is 10.1 Å². The van der Waals surface area contributed by atoms with Gasteiger partial charge in [0, 0.05) is 0 Å². The zero-order valence-electron chi connectivity index (χ0n) is 13.2. The van der Waals surface area contributed by atoms with Gasteiger partial charge in [0.2, 0.25) is 5.82 Å². The highest BCUT2D eigenvalue weighted by Crippen LogP contribution is 2.27. The van der Waals surface area contributed by atoms with Gasteiger partial charge in [-0.2, -0.15) is 4.98 Å². The standard InChI is InChI=1S/C17H20N2O4/c1-21-14-10-6-5-9-13(14)16-18-15(23-19-16)11-22-17(20)12-7-3-2-4-8-12/h5-6,9-10,12H,2-4,7-8,11H2,1H3. The average Bonchev–Trinajstić information content (AvgIpc) is 3.09. The summed E-state index contributed by atoms with van der Waals surface area (Å²) >= 11 is 0. The van der Waals surface area contributed by atoms with Crippen LogP contribution in [0, 0.1) is 5.92 Å². The van der Waals surface area contributed by atoms with Gasteiger partial charge in [0.1, 0.15) is 5.75 Å². The van der Waals surface area contributed by atoms with Gasteiger partial charge >= 0.3 is 5.97 Å². The van der Waals surface area contributed by atoms with Crippen LogP contribution in [0.1, 0.15) is 38.0 Å². The molecule has 1 aromatic carbocycles. The predicted octanol–water partition coefficient (Wildman–Crippen LogP) is 3.37. The van der Waals surface area contributed by atoms with E-state index < -0.39 is 0 Å². The Kier molecular flexibility index (Phi) is 4.90. The van der Waals surface area contributed by atoms with Crippen LogP contribution in [0.15, 0.2) is 28.8 Å². The molecule has 1 saturated carbocycles. The van der Waals surface area contributed by atoms with Crippen molar-refractivity contribution in [2.24, 2.45) is 5.92 Å². The fourth-order valence-corrected chi connectivity index (χ4v) is 2.84. The summed E-state index contributed by atoms with van der Waals surface area (Å²) in [6.07, 6.45) is 5.22. The number of methoxy groups -OCH3 is 1. The molecule has 6 heteroatoms. The maximum Gasteiger partial charge on any atom is 0.309 e. The van der Waals surface area contributed by atoms with Crippen molar-refractivity contribution < 1.29 is 18.8 Å². The number of hydrogen-bond donors (Lipinski definition) is 0. The Hall–Kier alpha value is -2.37. The van der Waals surface area contributed by atoms with Gasteiger partial charge < -0.3 is 14.0 Å². The van der Waals surface area contributed by atoms with Gasteiger partial charge in [-0.3, -0.25) is 4.79 Å². The first-order valence-corrected chi connectivity index (χ1v) is 7.90. The van der Waals surface area contributed by atoms with Crippen LogP contribution in [0.4, 0.5) is 0 Å². The molecule has 0 saturated heterocycles. The zero-order valence-corrected chi connectivity index (χ0v) is 13.2. The third-order valence-corrected chi connectivity index (χ3v) is 4.09. The fraction of sp³-hybridized carbons (Fsp3) is 0.471. The van der Waals surface area contributed by atoms with Crippen LogP contribution in [-0.4, -0.2) is 23.2 Å². The van der Waals surface area contributed by atoms with Crippen molar-refractivity contribution in [3.8, 4) is 17.1 Å². The molecule has 0 atom stereocenters. The first-order chi connectivity index (χ1) is 11.3. The molecule has 0 bridgehead atoms. The lowest BCUT2D eigenvalue weighted by molar-refractivity contribution is -0.151. The average molecular weight is 316 g/mol. The van der Waals surface area contributed by atoms with Crippen molar-refractivity contribution in [2.75, 3.05) is 7.11 Å². The molecule has 0 unspecified atom stereocenters. The van der Waals surface area contributed by atoms with E-state index >= 15 is 0 Å². The molecule has 122 valence electrons. The lowest BCUT2D eigenvalue weighted by atomic mass is 9.89. The largest absolute Gasteiger partial charge is 0.496 e. The molecule has 0 radical (unpaired) electrons. The zero-order chi connectivity index (χ0) is 16.1. The summed E-state index contributed by atoms with van der Waals surface area (Å²) in [4.78, 5) is 16.3. The van der Waals surface area contributed by atoms with E-state index in [-0.39, 0.29) is 24.4 Å². The Morgan fingerprint density at radius 1 is 1.26 bits per heavy atom. The van der Waals surface area contributed by atoms with Crippen LogP contribution >= 0.6 is 0 Å². The first kappa shape index (κ1) is 15.5. The van der Waals surface area contributed by atoms with Crippen molar-refractivity contribution in [3.05, 3.63) is 30.2 Å². The van der Waals surface area contributed by atoms with Crippen molar-refractivity contribution in [2.45, 2.75) is 38.7 Å². The molecule has 1 aliphatic rings. The number of esters is 1. The highest BCUT2D eigenvalue weighted by atomic mass is 16.6.